The molecule has 20 heavy (non-hydrogen) atoms. The van der Waals surface area contributed by atoms with Gasteiger partial charge in [0.2, 0.25) is 0 Å². The number of aliphatic hydroxyl groups is 1. The molecule has 112 valence electrons. The summed E-state index contributed by atoms with van der Waals surface area (Å²) in [5.41, 5.74) is 0. The first-order valence-electron chi connectivity index (χ1n) is 7.47. The van der Waals surface area contributed by atoms with E-state index in [1.807, 2.05) is 17.8 Å². The van der Waals surface area contributed by atoms with Gasteiger partial charge in [0.1, 0.15) is 12.2 Å². The molecule has 1 N–H and O–H groups in total. The van der Waals surface area contributed by atoms with Gasteiger partial charge < -0.3 is 9.84 Å². The van der Waals surface area contributed by atoms with Gasteiger partial charge in [0.05, 0.1) is 12.4 Å². The van der Waals surface area contributed by atoms with Crippen molar-refractivity contribution in [2.75, 3.05) is 19.6 Å². The second kappa shape index (κ2) is 7.45. The van der Waals surface area contributed by atoms with E-state index in [1.54, 1.807) is 6.20 Å². The summed E-state index contributed by atoms with van der Waals surface area (Å²) in [5, 5.41) is 14.3. The number of aryl methyl sites for hydroxylation is 1. The minimum Gasteiger partial charge on any atom is -0.483 e. The van der Waals surface area contributed by atoms with E-state index >= 15 is 0 Å². The topological polar surface area (TPSA) is 50.5 Å². The van der Waals surface area contributed by atoms with E-state index in [2.05, 4.69) is 29.1 Å². The lowest BCUT2D eigenvalue weighted by molar-refractivity contribution is 0.0736. The Balaban J connectivity index is 1.79. The van der Waals surface area contributed by atoms with Crippen LogP contribution in [0.25, 0.3) is 0 Å². The monoisotopic (exact) mass is 279 g/mol. The molecule has 1 aliphatic heterocycles. The summed E-state index contributed by atoms with van der Waals surface area (Å²) in [5.74, 6) is 0.739. The van der Waals surface area contributed by atoms with E-state index in [0.29, 0.717) is 6.54 Å². The summed E-state index contributed by atoms with van der Waals surface area (Å²) in [6.45, 7) is 7.43. The largest absolute Gasteiger partial charge is 0.483 e. The van der Waals surface area contributed by atoms with Gasteiger partial charge >= 0.3 is 0 Å². The van der Waals surface area contributed by atoms with Gasteiger partial charge in [-0.1, -0.05) is 19.1 Å². The number of ether oxygens (including phenoxy) is 1. The van der Waals surface area contributed by atoms with Gasteiger partial charge in [0.25, 0.3) is 0 Å². The summed E-state index contributed by atoms with van der Waals surface area (Å²) in [6.07, 6.45) is 9.50. The van der Waals surface area contributed by atoms with Crippen molar-refractivity contribution in [2.24, 2.45) is 0 Å². The number of nitrogens with zero attached hydrogens (tertiary/aromatic N) is 3. The molecule has 2 rings (SSSR count). The van der Waals surface area contributed by atoms with Crippen molar-refractivity contribution in [3.63, 3.8) is 0 Å². The molecule has 1 fully saturated rings. The van der Waals surface area contributed by atoms with Crippen molar-refractivity contribution in [1.82, 2.24) is 14.7 Å². The van der Waals surface area contributed by atoms with E-state index in [1.165, 1.54) is 0 Å². The Morgan fingerprint density at radius 1 is 1.40 bits per heavy atom. The Morgan fingerprint density at radius 3 is 2.95 bits per heavy atom. The standard InChI is InChI=1S/C15H25N3O2/c1-3-5-6-7-8-17-11-14(19)15(12-17)20-13-9-16-18(4-2)10-13/h5-6,9-10,14-15,19H,3-4,7-8,11-12H2,1-2H3/b6-5+/t14-,15-/m1/s1. The molecule has 2 atom stereocenters. The van der Waals surface area contributed by atoms with Gasteiger partial charge in [-0.25, -0.2) is 0 Å². The molecular weight excluding hydrogens is 254 g/mol. The van der Waals surface area contributed by atoms with Crippen LogP contribution in [-0.4, -0.2) is 51.6 Å². The highest BCUT2D eigenvalue weighted by Crippen LogP contribution is 2.18. The van der Waals surface area contributed by atoms with Crippen molar-refractivity contribution in [3.05, 3.63) is 24.5 Å². The van der Waals surface area contributed by atoms with Gasteiger partial charge in [-0.05, 0) is 19.8 Å². The predicted molar refractivity (Wildman–Crippen MR) is 78.8 cm³/mol. The first-order chi connectivity index (χ1) is 9.72. The number of rotatable bonds is 7. The first-order valence-corrected chi connectivity index (χ1v) is 7.47. The van der Waals surface area contributed by atoms with E-state index in [4.69, 9.17) is 4.74 Å². The van der Waals surface area contributed by atoms with Crippen LogP contribution >= 0.6 is 0 Å². The third kappa shape index (κ3) is 4.08. The Bertz CT molecular complexity index is 431. The maximum Gasteiger partial charge on any atom is 0.157 e. The molecule has 5 nitrogen and oxygen atoms in total. The molecule has 1 aromatic heterocycles. The van der Waals surface area contributed by atoms with Crippen molar-refractivity contribution in [3.8, 4) is 5.75 Å². The quantitative estimate of drug-likeness (QED) is 0.772. The van der Waals surface area contributed by atoms with Crippen LogP contribution in [0, 0.1) is 0 Å². The third-order valence-corrected chi connectivity index (χ3v) is 3.55. The molecule has 0 radical (unpaired) electrons. The van der Waals surface area contributed by atoms with Gasteiger partial charge in [-0.2, -0.15) is 5.10 Å². The van der Waals surface area contributed by atoms with E-state index in [9.17, 15) is 5.11 Å². The number of hydrogen-bond acceptors (Lipinski definition) is 4. The second-order valence-corrected chi connectivity index (χ2v) is 5.18. The first kappa shape index (κ1) is 15.1. The van der Waals surface area contributed by atoms with Crippen LogP contribution in [0.5, 0.6) is 5.75 Å². The van der Waals surface area contributed by atoms with E-state index < -0.39 is 6.10 Å². The zero-order valence-corrected chi connectivity index (χ0v) is 12.4. The second-order valence-electron chi connectivity index (χ2n) is 5.18. The van der Waals surface area contributed by atoms with Crippen molar-refractivity contribution >= 4 is 0 Å². The highest BCUT2D eigenvalue weighted by Gasteiger charge is 2.32. The smallest absolute Gasteiger partial charge is 0.157 e. The lowest BCUT2D eigenvalue weighted by atomic mass is 10.3. The fourth-order valence-electron chi connectivity index (χ4n) is 2.43. The molecule has 0 spiro atoms. The highest BCUT2D eigenvalue weighted by molar-refractivity contribution is 5.13. The third-order valence-electron chi connectivity index (χ3n) is 3.55. The number of allylic oxidation sites excluding steroid dienone is 1. The van der Waals surface area contributed by atoms with Crippen molar-refractivity contribution in [1.29, 1.82) is 0 Å². The number of likely N-dealkylation sites (tertiary alicyclic amines) is 1. The molecule has 0 amide bonds. The molecule has 1 aromatic rings. The molecule has 1 saturated heterocycles. The Hall–Kier alpha value is -1.33. The van der Waals surface area contributed by atoms with Crippen LogP contribution in [0.1, 0.15) is 26.7 Å². The summed E-state index contributed by atoms with van der Waals surface area (Å²) >= 11 is 0. The van der Waals surface area contributed by atoms with E-state index in [0.717, 1.165) is 38.2 Å². The van der Waals surface area contributed by atoms with Crippen LogP contribution in [0.15, 0.2) is 24.5 Å². The normalized spacial score (nSPS) is 23.8. The maximum absolute atomic E-state index is 10.1. The lowest BCUT2D eigenvalue weighted by Gasteiger charge is -2.15. The molecule has 5 heteroatoms. The van der Waals surface area contributed by atoms with Crippen LogP contribution < -0.4 is 4.74 Å². The zero-order valence-electron chi connectivity index (χ0n) is 12.4. The number of aromatic nitrogens is 2. The van der Waals surface area contributed by atoms with Crippen LogP contribution in [0.3, 0.4) is 0 Å². The van der Waals surface area contributed by atoms with E-state index in [-0.39, 0.29) is 6.10 Å². The van der Waals surface area contributed by atoms with Gasteiger partial charge in [-0.15, -0.1) is 0 Å². The number of aliphatic hydroxyl groups excluding tert-OH is 1. The fourth-order valence-corrected chi connectivity index (χ4v) is 2.43. The minimum atomic E-state index is -0.421. The summed E-state index contributed by atoms with van der Waals surface area (Å²) in [4.78, 5) is 2.25. The van der Waals surface area contributed by atoms with Crippen LogP contribution in [0.4, 0.5) is 0 Å². The Morgan fingerprint density at radius 2 is 2.25 bits per heavy atom. The maximum atomic E-state index is 10.1. The summed E-state index contributed by atoms with van der Waals surface area (Å²) in [6, 6.07) is 0. The fraction of sp³-hybridized carbons (Fsp3) is 0.667. The lowest BCUT2D eigenvalue weighted by Crippen LogP contribution is -2.29. The van der Waals surface area contributed by atoms with Crippen LogP contribution in [0.2, 0.25) is 0 Å². The molecule has 2 heterocycles. The predicted octanol–water partition coefficient (Wildman–Crippen LogP) is 1.68. The molecule has 0 saturated carbocycles. The summed E-state index contributed by atoms with van der Waals surface area (Å²) < 4.78 is 7.66. The van der Waals surface area contributed by atoms with Gasteiger partial charge in [0, 0.05) is 26.2 Å². The molecule has 0 aliphatic carbocycles. The van der Waals surface area contributed by atoms with Gasteiger partial charge in [-0.3, -0.25) is 9.58 Å². The Kier molecular flexibility index (Phi) is 5.61. The van der Waals surface area contributed by atoms with Crippen molar-refractivity contribution < 1.29 is 9.84 Å². The summed E-state index contributed by atoms with van der Waals surface area (Å²) in [7, 11) is 0. The Labute approximate surface area is 120 Å². The number of β-amino-alcohol motifs (C(OH)–C–C–N with tert-alkyl or cyclic N) is 1. The molecule has 1 aliphatic rings. The SMILES string of the molecule is CC/C=C/CCN1C[C@@H](O)[C@H](Oc2cnn(CC)c2)C1. The van der Waals surface area contributed by atoms with Crippen LogP contribution in [-0.2, 0) is 6.54 Å². The van der Waals surface area contributed by atoms with Gasteiger partial charge in [0.15, 0.2) is 5.75 Å². The molecule has 0 unspecified atom stereocenters. The molecule has 0 aromatic carbocycles. The molecular formula is C15H25N3O2. The highest BCUT2D eigenvalue weighted by atomic mass is 16.5. The number of hydrogen-bond donors (Lipinski definition) is 1. The zero-order chi connectivity index (χ0) is 14.4. The minimum absolute atomic E-state index is 0.153. The average molecular weight is 279 g/mol. The van der Waals surface area contributed by atoms with Crippen molar-refractivity contribution in [2.45, 2.75) is 45.4 Å². The molecule has 0 bridgehead atoms. The average Bonchev–Trinajstić information content (AvgIpc) is 3.03.